The predicted molar refractivity (Wildman–Crippen MR) is 85.2 cm³/mol. The normalized spacial score (nSPS) is 10.3. The molecule has 2 heterocycles. The Balaban J connectivity index is 1.77. The molecule has 0 radical (unpaired) electrons. The van der Waals surface area contributed by atoms with Crippen LogP contribution in [-0.2, 0) is 0 Å². The Labute approximate surface area is 133 Å². The van der Waals surface area contributed by atoms with Gasteiger partial charge in [0.05, 0.1) is 6.20 Å². The molecule has 0 aliphatic carbocycles. The molecule has 0 aliphatic rings. The molecular weight excluding hydrogens is 352 g/mol. The molecular formula is C14H9BrN4OS. The molecule has 0 bridgehead atoms. The van der Waals surface area contributed by atoms with Crippen LogP contribution in [0.4, 0.5) is 5.69 Å². The highest BCUT2D eigenvalue weighted by Gasteiger charge is 2.12. The Morgan fingerprint density at radius 2 is 2.00 bits per heavy atom. The molecule has 2 aromatic heterocycles. The van der Waals surface area contributed by atoms with Gasteiger partial charge in [-0.25, -0.2) is 4.98 Å². The number of thiazole rings is 1. The first-order valence-corrected chi connectivity index (χ1v) is 7.68. The van der Waals surface area contributed by atoms with Gasteiger partial charge in [0.2, 0.25) is 0 Å². The van der Waals surface area contributed by atoms with Crippen molar-refractivity contribution >= 4 is 38.9 Å². The van der Waals surface area contributed by atoms with Crippen molar-refractivity contribution in [3.8, 4) is 10.7 Å². The monoisotopic (exact) mass is 360 g/mol. The van der Waals surface area contributed by atoms with Crippen LogP contribution in [0.1, 0.15) is 10.5 Å². The SMILES string of the molecule is O=C(Nc1ccc(Br)cc1)c1csc(-c2cnccn2)n1. The van der Waals surface area contributed by atoms with Crippen LogP contribution >= 0.6 is 27.3 Å². The van der Waals surface area contributed by atoms with Gasteiger partial charge >= 0.3 is 0 Å². The predicted octanol–water partition coefficient (Wildman–Crippen LogP) is 3.61. The third-order valence-electron chi connectivity index (χ3n) is 2.62. The van der Waals surface area contributed by atoms with E-state index in [9.17, 15) is 4.79 Å². The highest BCUT2D eigenvalue weighted by molar-refractivity contribution is 9.10. The van der Waals surface area contributed by atoms with E-state index in [1.807, 2.05) is 24.3 Å². The van der Waals surface area contributed by atoms with E-state index in [1.165, 1.54) is 11.3 Å². The van der Waals surface area contributed by atoms with Crippen molar-refractivity contribution in [3.63, 3.8) is 0 Å². The molecule has 0 atom stereocenters. The summed E-state index contributed by atoms with van der Waals surface area (Å²) in [7, 11) is 0. The van der Waals surface area contributed by atoms with Crippen LogP contribution < -0.4 is 5.32 Å². The summed E-state index contributed by atoms with van der Waals surface area (Å²) in [6, 6.07) is 7.36. The average molecular weight is 361 g/mol. The fraction of sp³-hybridized carbons (Fsp3) is 0. The zero-order valence-corrected chi connectivity index (χ0v) is 13.1. The second-order valence-corrected chi connectivity index (χ2v) is 5.86. The Morgan fingerprint density at radius 1 is 1.19 bits per heavy atom. The second kappa shape index (κ2) is 6.11. The Bertz CT molecular complexity index is 758. The molecule has 0 saturated carbocycles. The van der Waals surface area contributed by atoms with Gasteiger partial charge in [-0.05, 0) is 24.3 Å². The van der Waals surface area contributed by atoms with Crippen molar-refractivity contribution in [2.24, 2.45) is 0 Å². The largest absolute Gasteiger partial charge is 0.321 e. The van der Waals surface area contributed by atoms with Gasteiger partial charge in [0.25, 0.3) is 5.91 Å². The van der Waals surface area contributed by atoms with Crippen molar-refractivity contribution in [1.29, 1.82) is 0 Å². The minimum absolute atomic E-state index is 0.247. The third-order valence-corrected chi connectivity index (χ3v) is 4.01. The Hall–Kier alpha value is -2.12. The van der Waals surface area contributed by atoms with Gasteiger partial charge in [-0.15, -0.1) is 11.3 Å². The summed E-state index contributed by atoms with van der Waals surface area (Å²) in [5, 5.41) is 5.18. The number of nitrogens with one attached hydrogen (secondary N) is 1. The van der Waals surface area contributed by atoms with Crippen LogP contribution in [0.15, 0.2) is 52.7 Å². The number of amides is 1. The zero-order valence-electron chi connectivity index (χ0n) is 10.7. The van der Waals surface area contributed by atoms with E-state index in [-0.39, 0.29) is 5.91 Å². The van der Waals surface area contributed by atoms with Crippen molar-refractivity contribution in [2.75, 3.05) is 5.32 Å². The van der Waals surface area contributed by atoms with Gasteiger partial charge in [0, 0.05) is 27.9 Å². The first kappa shape index (κ1) is 13.8. The molecule has 21 heavy (non-hydrogen) atoms. The van der Waals surface area contributed by atoms with Gasteiger partial charge in [-0.1, -0.05) is 15.9 Å². The van der Waals surface area contributed by atoms with E-state index in [2.05, 4.69) is 36.2 Å². The number of hydrogen-bond acceptors (Lipinski definition) is 5. The quantitative estimate of drug-likeness (QED) is 0.774. The highest BCUT2D eigenvalue weighted by Crippen LogP contribution is 2.21. The number of halogens is 1. The van der Waals surface area contributed by atoms with E-state index < -0.39 is 0 Å². The maximum absolute atomic E-state index is 12.1. The van der Waals surface area contributed by atoms with Crippen LogP contribution in [0.5, 0.6) is 0 Å². The van der Waals surface area contributed by atoms with Crippen LogP contribution in [0.3, 0.4) is 0 Å². The summed E-state index contributed by atoms with van der Waals surface area (Å²) in [5.74, 6) is -0.247. The molecule has 0 spiro atoms. The molecule has 0 unspecified atom stereocenters. The Kier molecular flexibility index (Phi) is 4.03. The Morgan fingerprint density at radius 3 is 2.71 bits per heavy atom. The lowest BCUT2D eigenvalue weighted by Crippen LogP contribution is -2.12. The van der Waals surface area contributed by atoms with Crippen molar-refractivity contribution in [1.82, 2.24) is 15.0 Å². The fourth-order valence-electron chi connectivity index (χ4n) is 1.63. The number of nitrogens with zero attached hydrogens (tertiary/aromatic N) is 3. The molecule has 0 saturated heterocycles. The molecule has 0 fully saturated rings. The fourth-order valence-corrected chi connectivity index (χ4v) is 2.66. The number of carbonyl (C=O) groups excluding carboxylic acids is 1. The van der Waals surface area contributed by atoms with E-state index in [1.54, 1.807) is 24.0 Å². The minimum atomic E-state index is -0.247. The lowest BCUT2D eigenvalue weighted by Gasteiger charge is -2.02. The van der Waals surface area contributed by atoms with E-state index in [4.69, 9.17) is 0 Å². The van der Waals surface area contributed by atoms with Crippen molar-refractivity contribution in [2.45, 2.75) is 0 Å². The summed E-state index contributed by atoms with van der Waals surface area (Å²) >= 11 is 4.71. The van der Waals surface area contributed by atoms with E-state index in [0.29, 0.717) is 16.4 Å². The van der Waals surface area contributed by atoms with Gasteiger partial charge in [0.1, 0.15) is 16.4 Å². The first-order chi connectivity index (χ1) is 10.2. The molecule has 7 heteroatoms. The topological polar surface area (TPSA) is 67.8 Å². The number of hydrogen-bond donors (Lipinski definition) is 1. The standard InChI is InChI=1S/C14H9BrN4OS/c15-9-1-3-10(4-2-9)18-13(20)12-8-21-14(19-12)11-7-16-5-6-17-11/h1-8H,(H,18,20). The summed E-state index contributed by atoms with van der Waals surface area (Å²) in [6.45, 7) is 0. The zero-order chi connectivity index (χ0) is 14.7. The maximum atomic E-state index is 12.1. The van der Waals surface area contributed by atoms with Crippen molar-refractivity contribution in [3.05, 3.63) is 58.4 Å². The van der Waals surface area contributed by atoms with Gasteiger partial charge in [-0.3, -0.25) is 14.8 Å². The summed E-state index contributed by atoms with van der Waals surface area (Å²) in [4.78, 5) is 24.6. The number of aromatic nitrogens is 3. The van der Waals surface area contributed by atoms with Crippen LogP contribution in [0.25, 0.3) is 10.7 Å². The lowest BCUT2D eigenvalue weighted by molar-refractivity contribution is 0.102. The van der Waals surface area contributed by atoms with Crippen molar-refractivity contribution < 1.29 is 4.79 Å². The summed E-state index contributed by atoms with van der Waals surface area (Å²) in [5.41, 5.74) is 1.74. The van der Waals surface area contributed by atoms with Crippen LogP contribution in [0, 0.1) is 0 Å². The lowest BCUT2D eigenvalue weighted by atomic mass is 10.3. The third kappa shape index (κ3) is 3.32. The number of carbonyl (C=O) groups is 1. The number of anilines is 1. The smallest absolute Gasteiger partial charge is 0.275 e. The van der Waals surface area contributed by atoms with E-state index in [0.717, 1.165) is 10.2 Å². The number of benzene rings is 1. The minimum Gasteiger partial charge on any atom is -0.321 e. The van der Waals surface area contributed by atoms with E-state index >= 15 is 0 Å². The molecule has 3 aromatic rings. The second-order valence-electron chi connectivity index (χ2n) is 4.09. The van der Waals surface area contributed by atoms with Crippen LogP contribution in [0.2, 0.25) is 0 Å². The molecule has 1 N–H and O–H groups in total. The highest BCUT2D eigenvalue weighted by atomic mass is 79.9. The summed E-state index contributed by atoms with van der Waals surface area (Å²) < 4.78 is 0.957. The van der Waals surface area contributed by atoms with Gasteiger partial charge in [0.15, 0.2) is 0 Å². The first-order valence-electron chi connectivity index (χ1n) is 6.01. The van der Waals surface area contributed by atoms with Gasteiger partial charge < -0.3 is 5.32 Å². The molecule has 5 nitrogen and oxygen atoms in total. The molecule has 104 valence electrons. The van der Waals surface area contributed by atoms with Gasteiger partial charge in [-0.2, -0.15) is 0 Å². The molecule has 3 rings (SSSR count). The molecule has 0 aliphatic heterocycles. The summed E-state index contributed by atoms with van der Waals surface area (Å²) in [6.07, 6.45) is 4.81. The van der Waals surface area contributed by atoms with Crippen LogP contribution in [-0.4, -0.2) is 20.9 Å². The average Bonchev–Trinajstić information content (AvgIpc) is 3.00. The molecule has 1 aromatic carbocycles. The molecule has 1 amide bonds. The maximum Gasteiger partial charge on any atom is 0.275 e. The number of rotatable bonds is 3.